The number of aryl methyl sites for hydroxylation is 1. The molecule has 0 bridgehead atoms. The summed E-state index contributed by atoms with van der Waals surface area (Å²) < 4.78 is 5.11. The molecular weight excluding hydrogens is 226 g/mol. The third kappa shape index (κ3) is 5.89. The van der Waals surface area contributed by atoms with E-state index in [1.54, 1.807) is 7.11 Å². The zero-order valence-corrected chi connectivity index (χ0v) is 11.6. The van der Waals surface area contributed by atoms with Crippen LogP contribution in [-0.4, -0.2) is 17.2 Å². The smallest absolute Gasteiger partial charge is 0.214 e. The Bertz CT molecular complexity index is 339. The molecule has 1 heterocycles. The summed E-state index contributed by atoms with van der Waals surface area (Å²) in [6, 6.07) is 3.44. The van der Waals surface area contributed by atoms with Crippen LogP contribution in [-0.2, 0) is 6.42 Å². The highest BCUT2D eigenvalue weighted by Crippen LogP contribution is 2.19. The first kappa shape index (κ1) is 14.8. The maximum atomic E-state index is 9.43. The summed E-state index contributed by atoms with van der Waals surface area (Å²) in [4.78, 5) is 4.10. The van der Waals surface area contributed by atoms with Gasteiger partial charge in [0, 0.05) is 17.8 Å². The van der Waals surface area contributed by atoms with Crippen molar-refractivity contribution in [1.82, 2.24) is 4.98 Å². The molecule has 1 rings (SSSR count). The van der Waals surface area contributed by atoms with E-state index in [1.807, 2.05) is 6.07 Å². The summed E-state index contributed by atoms with van der Waals surface area (Å²) >= 11 is 0. The highest BCUT2D eigenvalue weighted by molar-refractivity contribution is 5.29. The zero-order chi connectivity index (χ0) is 13.2. The molecule has 0 aromatic carbocycles. The van der Waals surface area contributed by atoms with Crippen LogP contribution in [0.5, 0.6) is 11.6 Å². The molecule has 0 atom stereocenters. The van der Waals surface area contributed by atoms with E-state index in [0.717, 1.165) is 18.5 Å². The molecule has 1 aromatic rings. The van der Waals surface area contributed by atoms with E-state index in [9.17, 15) is 5.11 Å². The first-order chi connectivity index (χ1) is 8.76. The Hall–Kier alpha value is -1.25. The standard InChI is InChI=1S/C15H25NO2/c1-3-4-5-6-7-8-9-10-13-11-14(18-2)12-15(17)16-13/h11-12H,3-10H2,1-2H3,(H,16,17). The lowest BCUT2D eigenvalue weighted by molar-refractivity contribution is 0.400. The summed E-state index contributed by atoms with van der Waals surface area (Å²) in [6.45, 7) is 2.24. The third-order valence-electron chi connectivity index (χ3n) is 3.11. The average Bonchev–Trinajstić information content (AvgIpc) is 2.37. The van der Waals surface area contributed by atoms with Gasteiger partial charge in [-0.05, 0) is 12.8 Å². The minimum Gasteiger partial charge on any atom is -0.496 e. The van der Waals surface area contributed by atoms with Crippen LogP contribution in [0.15, 0.2) is 12.1 Å². The molecule has 0 spiro atoms. The quantitative estimate of drug-likeness (QED) is 0.672. The molecular formula is C15H25NO2. The van der Waals surface area contributed by atoms with Crippen LogP contribution < -0.4 is 4.74 Å². The van der Waals surface area contributed by atoms with Gasteiger partial charge in [0.05, 0.1) is 7.11 Å². The van der Waals surface area contributed by atoms with Gasteiger partial charge < -0.3 is 9.84 Å². The van der Waals surface area contributed by atoms with Gasteiger partial charge in [-0.2, -0.15) is 0 Å². The summed E-state index contributed by atoms with van der Waals surface area (Å²) in [5.74, 6) is 0.729. The number of hydrogen-bond donors (Lipinski definition) is 1. The fourth-order valence-electron chi connectivity index (χ4n) is 2.05. The normalized spacial score (nSPS) is 10.6. The topological polar surface area (TPSA) is 42.4 Å². The first-order valence-electron chi connectivity index (χ1n) is 7.00. The molecule has 0 aliphatic rings. The van der Waals surface area contributed by atoms with Crippen molar-refractivity contribution in [3.63, 3.8) is 0 Å². The Morgan fingerprint density at radius 3 is 2.39 bits per heavy atom. The summed E-state index contributed by atoms with van der Waals surface area (Å²) in [7, 11) is 1.60. The van der Waals surface area contributed by atoms with Gasteiger partial charge in [-0.3, -0.25) is 0 Å². The number of unbranched alkanes of at least 4 members (excludes halogenated alkanes) is 6. The molecule has 1 aromatic heterocycles. The molecule has 3 heteroatoms. The molecule has 0 saturated heterocycles. The van der Waals surface area contributed by atoms with Crippen molar-refractivity contribution in [1.29, 1.82) is 0 Å². The monoisotopic (exact) mass is 251 g/mol. The average molecular weight is 251 g/mol. The number of aromatic hydroxyl groups is 1. The minimum absolute atomic E-state index is 0.0484. The van der Waals surface area contributed by atoms with E-state index >= 15 is 0 Å². The second kappa shape index (κ2) is 8.78. The SMILES string of the molecule is CCCCCCCCCc1cc(OC)cc(O)n1. The molecule has 0 aliphatic heterocycles. The van der Waals surface area contributed by atoms with Crippen molar-refractivity contribution >= 4 is 0 Å². The highest BCUT2D eigenvalue weighted by Gasteiger charge is 2.02. The Kier molecular flexibility index (Phi) is 7.23. The largest absolute Gasteiger partial charge is 0.496 e. The number of pyridine rings is 1. The first-order valence-corrected chi connectivity index (χ1v) is 7.00. The Morgan fingerprint density at radius 1 is 1.06 bits per heavy atom. The fraction of sp³-hybridized carbons (Fsp3) is 0.667. The number of ether oxygens (including phenoxy) is 1. The number of nitrogens with zero attached hydrogens (tertiary/aromatic N) is 1. The second-order valence-electron chi connectivity index (χ2n) is 4.73. The molecule has 0 fully saturated rings. The van der Waals surface area contributed by atoms with Gasteiger partial charge in [-0.25, -0.2) is 4.98 Å². The Morgan fingerprint density at radius 2 is 1.72 bits per heavy atom. The van der Waals surface area contributed by atoms with Gasteiger partial charge >= 0.3 is 0 Å². The minimum atomic E-state index is 0.0484. The molecule has 3 nitrogen and oxygen atoms in total. The van der Waals surface area contributed by atoms with E-state index in [-0.39, 0.29) is 5.88 Å². The lowest BCUT2D eigenvalue weighted by atomic mass is 10.1. The van der Waals surface area contributed by atoms with Crippen molar-refractivity contribution in [3.05, 3.63) is 17.8 Å². The van der Waals surface area contributed by atoms with Crippen LogP contribution in [0.2, 0.25) is 0 Å². The third-order valence-corrected chi connectivity index (χ3v) is 3.11. The van der Waals surface area contributed by atoms with Crippen LogP contribution in [0.25, 0.3) is 0 Å². The van der Waals surface area contributed by atoms with Crippen LogP contribution in [0, 0.1) is 0 Å². The van der Waals surface area contributed by atoms with Gasteiger partial charge in [0.15, 0.2) is 0 Å². The van der Waals surface area contributed by atoms with Gasteiger partial charge in [-0.15, -0.1) is 0 Å². The van der Waals surface area contributed by atoms with E-state index in [2.05, 4.69) is 11.9 Å². The number of rotatable bonds is 9. The second-order valence-corrected chi connectivity index (χ2v) is 4.73. The van der Waals surface area contributed by atoms with Crippen LogP contribution in [0.3, 0.4) is 0 Å². The predicted octanol–water partition coefficient (Wildman–Crippen LogP) is 4.09. The molecule has 102 valence electrons. The fourth-order valence-corrected chi connectivity index (χ4v) is 2.05. The molecule has 0 radical (unpaired) electrons. The molecule has 0 amide bonds. The summed E-state index contributed by atoms with van der Waals surface area (Å²) in [5.41, 5.74) is 0.917. The van der Waals surface area contributed by atoms with Gasteiger partial charge in [0.2, 0.25) is 5.88 Å². The van der Waals surface area contributed by atoms with Crippen LogP contribution >= 0.6 is 0 Å². The molecule has 18 heavy (non-hydrogen) atoms. The predicted molar refractivity (Wildman–Crippen MR) is 74.2 cm³/mol. The molecule has 0 unspecified atom stereocenters. The van der Waals surface area contributed by atoms with Crippen molar-refractivity contribution < 1.29 is 9.84 Å². The van der Waals surface area contributed by atoms with Gasteiger partial charge in [0.1, 0.15) is 5.75 Å². The Labute approximate surface area is 110 Å². The molecule has 0 saturated carbocycles. The van der Waals surface area contributed by atoms with Crippen LogP contribution in [0.1, 0.15) is 57.6 Å². The summed E-state index contributed by atoms with van der Waals surface area (Å²) in [6.07, 6.45) is 9.93. The van der Waals surface area contributed by atoms with Crippen LogP contribution in [0.4, 0.5) is 0 Å². The van der Waals surface area contributed by atoms with Crippen molar-refractivity contribution in [2.75, 3.05) is 7.11 Å². The van der Waals surface area contributed by atoms with Crippen molar-refractivity contribution in [2.24, 2.45) is 0 Å². The van der Waals surface area contributed by atoms with E-state index in [1.165, 1.54) is 44.6 Å². The van der Waals surface area contributed by atoms with Crippen molar-refractivity contribution in [3.8, 4) is 11.6 Å². The lowest BCUT2D eigenvalue weighted by Crippen LogP contribution is -1.93. The Balaban J connectivity index is 2.20. The molecule has 1 N–H and O–H groups in total. The van der Waals surface area contributed by atoms with Gasteiger partial charge in [-0.1, -0.05) is 45.4 Å². The van der Waals surface area contributed by atoms with E-state index in [4.69, 9.17) is 4.74 Å². The number of hydrogen-bond acceptors (Lipinski definition) is 3. The van der Waals surface area contributed by atoms with E-state index in [0.29, 0.717) is 5.75 Å². The maximum Gasteiger partial charge on any atom is 0.214 e. The molecule has 0 aliphatic carbocycles. The van der Waals surface area contributed by atoms with Gasteiger partial charge in [0.25, 0.3) is 0 Å². The zero-order valence-electron chi connectivity index (χ0n) is 11.6. The maximum absolute atomic E-state index is 9.43. The summed E-state index contributed by atoms with van der Waals surface area (Å²) in [5, 5.41) is 9.43. The van der Waals surface area contributed by atoms with E-state index < -0.39 is 0 Å². The highest BCUT2D eigenvalue weighted by atomic mass is 16.5. The lowest BCUT2D eigenvalue weighted by Gasteiger charge is -2.05. The number of methoxy groups -OCH3 is 1. The van der Waals surface area contributed by atoms with Crippen molar-refractivity contribution in [2.45, 2.75) is 58.3 Å². The number of aromatic nitrogens is 1.